The first-order chi connectivity index (χ1) is 10.7. The second-order valence-electron chi connectivity index (χ2n) is 6.04. The Bertz CT molecular complexity index is 694. The highest BCUT2D eigenvalue weighted by Gasteiger charge is 2.39. The predicted molar refractivity (Wildman–Crippen MR) is 82.2 cm³/mol. The highest BCUT2D eigenvalue weighted by Crippen LogP contribution is 2.28. The lowest BCUT2D eigenvalue weighted by atomic mass is 10.0. The molecule has 114 valence electrons. The molecule has 2 aromatic rings. The van der Waals surface area contributed by atoms with Gasteiger partial charge in [-0.2, -0.15) is 0 Å². The summed E-state index contributed by atoms with van der Waals surface area (Å²) in [7, 11) is 0. The van der Waals surface area contributed by atoms with Gasteiger partial charge in [0.1, 0.15) is 0 Å². The fourth-order valence-electron chi connectivity index (χ4n) is 3.34. The zero-order valence-electron chi connectivity index (χ0n) is 12.2. The number of nitrogen functional groups attached to an aromatic ring is 1. The monoisotopic (exact) mass is 298 g/mol. The number of hydrogen-bond donors (Lipinski definition) is 2. The summed E-state index contributed by atoms with van der Waals surface area (Å²) in [6, 6.07) is 7.50. The van der Waals surface area contributed by atoms with Gasteiger partial charge in [-0.25, -0.2) is 4.98 Å². The van der Waals surface area contributed by atoms with Crippen LogP contribution in [0.4, 0.5) is 5.69 Å². The molecule has 2 fully saturated rings. The number of amides is 1. The summed E-state index contributed by atoms with van der Waals surface area (Å²) in [4.78, 5) is 18.7. The van der Waals surface area contributed by atoms with Crippen LogP contribution >= 0.6 is 0 Å². The molecule has 0 aliphatic carbocycles. The Labute approximate surface area is 128 Å². The van der Waals surface area contributed by atoms with Crippen LogP contribution in [0.3, 0.4) is 0 Å². The lowest BCUT2D eigenvalue weighted by molar-refractivity contribution is 0.0890. The molecule has 1 aromatic heterocycles. The molecule has 22 heavy (non-hydrogen) atoms. The van der Waals surface area contributed by atoms with Gasteiger partial charge in [0.2, 0.25) is 0 Å². The number of anilines is 1. The normalized spacial score (nSPS) is 26.3. The largest absolute Gasteiger partial charge is 0.432 e. The Balaban J connectivity index is 1.46. The van der Waals surface area contributed by atoms with E-state index in [4.69, 9.17) is 10.2 Å². The van der Waals surface area contributed by atoms with Gasteiger partial charge in [-0.3, -0.25) is 4.79 Å². The second-order valence-corrected chi connectivity index (χ2v) is 6.04. The SMILES string of the molecule is Nc1ccc(-c2cnc(C(=O)NC3CN4CC[C@H]3C4)o2)cc1. The number of fused-ring (bicyclic) bond motifs is 2. The van der Waals surface area contributed by atoms with Crippen molar-refractivity contribution >= 4 is 11.6 Å². The van der Waals surface area contributed by atoms with Gasteiger partial charge in [-0.1, -0.05) is 0 Å². The maximum Gasteiger partial charge on any atom is 0.307 e. The summed E-state index contributed by atoms with van der Waals surface area (Å²) in [6.45, 7) is 3.17. The van der Waals surface area contributed by atoms with E-state index in [2.05, 4.69) is 15.2 Å². The molecule has 6 heteroatoms. The quantitative estimate of drug-likeness (QED) is 0.836. The summed E-state index contributed by atoms with van der Waals surface area (Å²) >= 11 is 0. The number of aromatic nitrogens is 1. The van der Waals surface area contributed by atoms with Crippen LogP contribution in [0.2, 0.25) is 0 Å². The number of carbonyl (C=O) groups excluding carboxylic acids is 1. The van der Waals surface area contributed by atoms with Crippen LogP contribution in [0.25, 0.3) is 11.3 Å². The molecular formula is C16H18N4O2. The molecule has 3 atom stereocenters. The Morgan fingerprint density at radius 1 is 1.32 bits per heavy atom. The molecule has 4 rings (SSSR count). The van der Waals surface area contributed by atoms with E-state index in [1.54, 1.807) is 18.3 Å². The molecule has 2 saturated heterocycles. The molecular weight excluding hydrogens is 280 g/mol. The highest BCUT2D eigenvalue weighted by molar-refractivity contribution is 5.90. The fourth-order valence-corrected chi connectivity index (χ4v) is 3.34. The summed E-state index contributed by atoms with van der Waals surface area (Å²) in [5, 5.41) is 3.04. The first-order valence-corrected chi connectivity index (χ1v) is 7.54. The standard InChI is InChI=1S/C16H18N4O2/c17-12-3-1-10(2-4-12)14-7-18-16(22-14)15(21)19-13-9-20-6-5-11(13)8-20/h1-4,7,11,13H,5-6,8-9,17H2,(H,19,21)/t11-,13?/m0/s1. The predicted octanol–water partition coefficient (Wildman–Crippen LogP) is 1.36. The number of nitrogens with one attached hydrogen (secondary N) is 1. The second kappa shape index (κ2) is 5.14. The van der Waals surface area contributed by atoms with Gasteiger partial charge in [0.25, 0.3) is 5.89 Å². The summed E-state index contributed by atoms with van der Waals surface area (Å²) in [5.74, 6) is 1.02. The van der Waals surface area contributed by atoms with Crippen molar-refractivity contribution in [2.75, 3.05) is 25.4 Å². The minimum absolute atomic E-state index is 0.115. The maximum absolute atomic E-state index is 12.3. The van der Waals surface area contributed by atoms with Crippen molar-refractivity contribution in [2.45, 2.75) is 12.5 Å². The van der Waals surface area contributed by atoms with Gasteiger partial charge >= 0.3 is 5.91 Å². The minimum Gasteiger partial charge on any atom is -0.432 e. The smallest absolute Gasteiger partial charge is 0.307 e. The minimum atomic E-state index is -0.236. The first-order valence-electron chi connectivity index (χ1n) is 7.54. The third kappa shape index (κ3) is 2.35. The number of benzene rings is 1. The Morgan fingerprint density at radius 3 is 2.82 bits per heavy atom. The summed E-state index contributed by atoms with van der Waals surface area (Å²) in [5.41, 5.74) is 7.21. The van der Waals surface area contributed by atoms with Crippen molar-refractivity contribution in [1.29, 1.82) is 0 Å². The molecule has 1 amide bonds. The summed E-state index contributed by atoms with van der Waals surface area (Å²) in [6.07, 6.45) is 2.73. The van der Waals surface area contributed by atoms with Crippen molar-refractivity contribution in [3.8, 4) is 11.3 Å². The van der Waals surface area contributed by atoms with E-state index >= 15 is 0 Å². The van der Waals surface area contributed by atoms with E-state index in [0.717, 1.165) is 31.6 Å². The number of nitrogens with two attached hydrogens (primary N) is 1. The van der Waals surface area contributed by atoms with Crippen LogP contribution in [-0.2, 0) is 0 Å². The number of nitrogens with zero attached hydrogens (tertiary/aromatic N) is 2. The zero-order chi connectivity index (χ0) is 15.1. The van der Waals surface area contributed by atoms with Crippen LogP contribution in [0.15, 0.2) is 34.9 Å². The molecule has 3 N–H and O–H groups in total. The van der Waals surface area contributed by atoms with Crippen LogP contribution in [0, 0.1) is 5.92 Å². The van der Waals surface area contributed by atoms with Crippen molar-refractivity contribution < 1.29 is 9.21 Å². The number of oxazole rings is 1. The van der Waals surface area contributed by atoms with Gasteiger partial charge in [0.15, 0.2) is 5.76 Å². The van der Waals surface area contributed by atoms with E-state index in [-0.39, 0.29) is 17.8 Å². The van der Waals surface area contributed by atoms with Crippen LogP contribution in [-0.4, -0.2) is 41.5 Å². The number of hydrogen-bond acceptors (Lipinski definition) is 5. The Morgan fingerprint density at radius 2 is 2.14 bits per heavy atom. The van der Waals surface area contributed by atoms with Crippen molar-refractivity contribution in [3.63, 3.8) is 0 Å². The Kier molecular flexibility index (Phi) is 3.11. The van der Waals surface area contributed by atoms with Crippen molar-refractivity contribution in [1.82, 2.24) is 15.2 Å². The molecule has 0 spiro atoms. The lowest BCUT2D eigenvalue weighted by Gasteiger charge is -2.22. The molecule has 2 aliphatic heterocycles. The van der Waals surface area contributed by atoms with Crippen molar-refractivity contribution in [3.05, 3.63) is 36.4 Å². The number of carbonyl (C=O) groups is 1. The third-order valence-electron chi connectivity index (χ3n) is 4.54. The number of piperidine rings is 1. The van der Waals surface area contributed by atoms with Gasteiger partial charge in [-0.15, -0.1) is 0 Å². The molecule has 6 nitrogen and oxygen atoms in total. The van der Waals surface area contributed by atoms with E-state index in [0.29, 0.717) is 17.4 Å². The lowest BCUT2D eigenvalue weighted by Crippen LogP contribution is -2.43. The average Bonchev–Trinajstić information content (AvgIpc) is 3.24. The van der Waals surface area contributed by atoms with E-state index < -0.39 is 0 Å². The highest BCUT2D eigenvalue weighted by atomic mass is 16.4. The van der Waals surface area contributed by atoms with Crippen LogP contribution < -0.4 is 11.1 Å². The van der Waals surface area contributed by atoms with E-state index in [1.165, 1.54) is 0 Å². The third-order valence-corrected chi connectivity index (χ3v) is 4.54. The molecule has 2 aliphatic rings. The maximum atomic E-state index is 12.3. The van der Waals surface area contributed by atoms with Crippen molar-refractivity contribution in [2.24, 2.45) is 5.92 Å². The zero-order valence-corrected chi connectivity index (χ0v) is 12.2. The molecule has 0 saturated carbocycles. The van der Waals surface area contributed by atoms with Gasteiger partial charge < -0.3 is 20.4 Å². The van der Waals surface area contributed by atoms with E-state index in [9.17, 15) is 4.79 Å². The molecule has 2 unspecified atom stereocenters. The average molecular weight is 298 g/mol. The molecule has 2 bridgehead atoms. The Hall–Kier alpha value is -2.34. The van der Waals surface area contributed by atoms with Gasteiger partial charge in [-0.05, 0) is 43.1 Å². The van der Waals surface area contributed by atoms with Gasteiger partial charge in [0.05, 0.1) is 6.20 Å². The fraction of sp³-hybridized carbons (Fsp3) is 0.375. The molecule has 0 radical (unpaired) electrons. The van der Waals surface area contributed by atoms with Gasteiger partial charge in [0, 0.05) is 30.4 Å². The molecule has 1 aromatic carbocycles. The first kappa shape index (κ1) is 13.3. The van der Waals surface area contributed by atoms with Crippen LogP contribution in [0.1, 0.15) is 17.1 Å². The summed E-state index contributed by atoms with van der Waals surface area (Å²) < 4.78 is 5.58. The van der Waals surface area contributed by atoms with Crippen LogP contribution in [0.5, 0.6) is 0 Å². The number of rotatable bonds is 3. The molecule has 3 heterocycles. The van der Waals surface area contributed by atoms with E-state index in [1.807, 2.05) is 12.1 Å². The topological polar surface area (TPSA) is 84.4 Å².